The quantitative estimate of drug-likeness (QED) is 0.751. The summed E-state index contributed by atoms with van der Waals surface area (Å²) in [5, 5.41) is 9.93. The summed E-state index contributed by atoms with van der Waals surface area (Å²) in [6.45, 7) is -0.207. The van der Waals surface area contributed by atoms with E-state index >= 15 is 0 Å². The summed E-state index contributed by atoms with van der Waals surface area (Å²) in [5.41, 5.74) is -0.262. The van der Waals surface area contributed by atoms with Crippen LogP contribution in [0.1, 0.15) is 0 Å². The standard InChI is InChI=1S/C15H18N2O5S/c1-22-13-5-4-6-14(9-13)23(20,21)16-10-12(18)11-17-8-3-2-7-15(17)19/h2-9,12,16,18H,10-11H2,1H3. The van der Waals surface area contributed by atoms with E-state index in [1.54, 1.807) is 24.3 Å². The van der Waals surface area contributed by atoms with Gasteiger partial charge in [-0.05, 0) is 18.2 Å². The summed E-state index contributed by atoms with van der Waals surface area (Å²) in [4.78, 5) is 11.6. The zero-order valence-corrected chi connectivity index (χ0v) is 13.4. The van der Waals surface area contributed by atoms with Gasteiger partial charge in [0.25, 0.3) is 5.56 Å². The van der Waals surface area contributed by atoms with Crippen molar-refractivity contribution in [1.82, 2.24) is 9.29 Å². The van der Waals surface area contributed by atoms with Crippen molar-refractivity contribution in [3.8, 4) is 5.75 Å². The molecule has 7 nitrogen and oxygen atoms in total. The molecule has 0 amide bonds. The van der Waals surface area contributed by atoms with Gasteiger partial charge >= 0.3 is 0 Å². The summed E-state index contributed by atoms with van der Waals surface area (Å²) in [6.07, 6.45) is 0.498. The van der Waals surface area contributed by atoms with Crippen LogP contribution in [0.25, 0.3) is 0 Å². The summed E-state index contributed by atoms with van der Waals surface area (Å²) in [6, 6.07) is 10.6. The fourth-order valence-corrected chi connectivity index (χ4v) is 3.07. The average Bonchev–Trinajstić information content (AvgIpc) is 2.55. The molecule has 0 aliphatic heterocycles. The van der Waals surface area contributed by atoms with Gasteiger partial charge in [0, 0.05) is 24.9 Å². The lowest BCUT2D eigenvalue weighted by Gasteiger charge is -2.14. The van der Waals surface area contributed by atoms with Crippen molar-refractivity contribution in [3.05, 3.63) is 59.0 Å². The molecular weight excluding hydrogens is 320 g/mol. The molecule has 1 aromatic carbocycles. The molecule has 1 atom stereocenters. The molecule has 2 rings (SSSR count). The van der Waals surface area contributed by atoms with Gasteiger partial charge in [-0.1, -0.05) is 12.1 Å². The number of ether oxygens (including phenoxy) is 1. The first-order valence-corrected chi connectivity index (χ1v) is 8.38. The van der Waals surface area contributed by atoms with Gasteiger partial charge in [-0.3, -0.25) is 4.79 Å². The largest absolute Gasteiger partial charge is 0.497 e. The highest BCUT2D eigenvalue weighted by Crippen LogP contribution is 2.16. The molecule has 2 aromatic rings. The van der Waals surface area contributed by atoms with E-state index in [1.807, 2.05) is 0 Å². The van der Waals surface area contributed by atoms with Crippen molar-refractivity contribution in [2.75, 3.05) is 13.7 Å². The fraction of sp³-hybridized carbons (Fsp3) is 0.267. The van der Waals surface area contributed by atoms with Crippen molar-refractivity contribution in [3.63, 3.8) is 0 Å². The van der Waals surface area contributed by atoms with Gasteiger partial charge in [0.2, 0.25) is 10.0 Å². The number of aliphatic hydroxyl groups excluding tert-OH is 1. The molecule has 0 spiro atoms. The number of sulfonamides is 1. The van der Waals surface area contributed by atoms with E-state index in [2.05, 4.69) is 4.72 Å². The van der Waals surface area contributed by atoms with E-state index in [1.165, 1.54) is 36.1 Å². The molecule has 0 saturated carbocycles. The van der Waals surface area contributed by atoms with E-state index in [9.17, 15) is 18.3 Å². The minimum absolute atomic E-state index is 0.000302. The van der Waals surface area contributed by atoms with Gasteiger partial charge in [0.05, 0.1) is 24.7 Å². The second-order valence-electron chi connectivity index (χ2n) is 4.88. The molecular formula is C15H18N2O5S. The van der Waals surface area contributed by atoms with E-state index < -0.39 is 16.1 Å². The first kappa shape index (κ1) is 17.2. The molecule has 0 fully saturated rings. The molecule has 0 bridgehead atoms. The molecule has 2 N–H and O–H groups in total. The summed E-state index contributed by atoms with van der Waals surface area (Å²) in [5.74, 6) is 0.421. The number of hydrogen-bond acceptors (Lipinski definition) is 5. The fourth-order valence-electron chi connectivity index (χ4n) is 1.96. The third-order valence-corrected chi connectivity index (χ3v) is 4.59. The van der Waals surface area contributed by atoms with Crippen LogP contribution >= 0.6 is 0 Å². The number of aliphatic hydroxyl groups is 1. The normalized spacial score (nSPS) is 12.8. The maximum Gasteiger partial charge on any atom is 0.250 e. The van der Waals surface area contributed by atoms with Crippen molar-refractivity contribution >= 4 is 10.0 Å². The highest BCUT2D eigenvalue weighted by Gasteiger charge is 2.16. The van der Waals surface area contributed by atoms with E-state index in [0.29, 0.717) is 5.75 Å². The zero-order chi connectivity index (χ0) is 16.9. The number of aromatic nitrogens is 1. The van der Waals surface area contributed by atoms with Crippen LogP contribution in [0.15, 0.2) is 58.4 Å². The number of nitrogens with one attached hydrogen (secondary N) is 1. The lowest BCUT2D eigenvalue weighted by molar-refractivity contribution is 0.156. The van der Waals surface area contributed by atoms with Gasteiger partial charge in [-0.25, -0.2) is 13.1 Å². The van der Waals surface area contributed by atoms with Gasteiger partial charge in [0.15, 0.2) is 0 Å². The third kappa shape index (κ3) is 4.65. The minimum atomic E-state index is -3.77. The number of hydrogen-bond donors (Lipinski definition) is 2. The number of benzene rings is 1. The van der Waals surface area contributed by atoms with Crippen LogP contribution in [0.5, 0.6) is 5.75 Å². The van der Waals surface area contributed by atoms with Crippen molar-refractivity contribution in [2.45, 2.75) is 17.5 Å². The Morgan fingerprint density at radius 2 is 2.04 bits per heavy atom. The number of nitrogens with zero attached hydrogens (tertiary/aromatic N) is 1. The predicted octanol–water partition coefficient (Wildman–Crippen LogP) is 0.196. The second-order valence-corrected chi connectivity index (χ2v) is 6.64. The molecule has 0 aliphatic rings. The van der Waals surface area contributed by atoms with E-state index in [4.69, 9.17) is 4.74 Å². The lowest BCUT2D eigenvalue weighted by Crippen LogP contribution is -2.36. The molecule has 23 heavy (non-hydrogen) atoms. The SMILES string of the molecule is COc1cccc(S(=O)(=O)NCC(O)Cn2ccccc2=O)c1. The van der Waals surface area contributed by atoms with Crippen LogP contribution < -0.4 is 15.0 Å². The Bertz CT molecular complexity index is 816. The smallest absolute Gasteiger partial charge is 0.250 e. The van der Waals surface area contributed by atoms with Gasteiger partial charge < -0.3 is 14.4 Å². The Morgan fingerprint density at radius 1 is 1.26 bits per heavy atom. The Morgan fingerprint density at radius 3 is 2.74 bits per heavy atom. The number of methoxy groups -OCH3 is 1. The molecule has 1 heterocycles. The summed E-state index contributed by atoms with van der Waals surface area (Å²) >= 11 is 0. The third-order valence-electron chi connectivity index (χ3n) is 3.17. The monoisotopic (exact) mass is 338 g/mol. The molecule has 1 unspecified atom stereocenters. The van der Waals surface area contributed by atoms with Crippen molar-refractivity contribution in [1.29, 1.82) is 0 Å². The molecule has 0 saturated heterocycles. The molecule has 124 valence electrons. The van der Waals surface area contributed by atoms with Gasteiger partial charge in [0.1, 0.15) is 5.75 Å². The van der Waals surface area contributed by atoms with Crippen molar-refractivity contribution < 1.29 is 18.3 Å². The minimum Gasteiger partial charge on any atom is -0.497 e. The topological polar surface area (TPSA) is 97.6 Å². The predicted molar refractivity (Wildman–Crippen MR) is 84.9 cm³/mol. The highest BCUT2D eigenvalue weighted by atomic mass is 32.2. The van der Waals surface area contributed by atoms with Crippen LogP contribution in [0.2, 0.25) is 0 Å². The second kappa shape index (κ2) is 7.40. The van der Waals surface area contributed by atoms with Crippen LogP contribution in [0.3, 0.4) is 0 Å². The van der Waals surface area contributed by atoms with Crippen LogP contribution in [0.4, 0.5) is 0 Å². The Labute approximate surface area is 134 Å². The van der Waals surface area contributed by atoms with Crippen LogP contribution in [0, 0.1) is 0 Å². The Balaban J connectivity index is 2.01. The number of pyridine rings is 1. The summed E-state index contributed by atoms with van der Waals surface area (Å²) < 4.78 is 33.0. The van der Waals surface area contributed by atoms with E-state index in [-0.39, 0.29) is 23.5 Å². The van der Waals surface area contributed by atoms with Crippen LogP contribution in [-0.2, 0) is 16.6 Å². The Kier molecular flexibility index (Phi) is 5.54. The lowest BCUT2D eigenvalue weighted by atomic mass is 10.3. The highest BCUT2D eigenvalue weighted by molar-refractivity contribution is 7.89. The molecule has 1 aromatic heterocycles. The first-order valence-electron chi connectivity index (χ1n) is 6.89. The Hall–Kier alpha value is -2.16. The first-order chi connectivity index (χ1) is 10.9. The van der Waals surface area contributed by atoms with Gasteiger partial charge in [-0.2, -0.15) is 0 Å². The molecule has 0 radical (unpaired) electrons. The van der Waals surface area contributed by atoms with Gasteiger partial charge in [-0.15, -0.1) is 0 Å². The molecule has 8 heteroatoms. The number of rotatable bonds is 7. The molecule has 0 aliphatic carbocycles. The maximum absolute atomic E-state index is 12.2. The van der Waals surface area contributed by atoms with Crippen molar-refractivity contribution in [2.24, 2.45) is 0 Å². The zero-order valence-electron chi connectivity index (χ0n) is 12.5. The van der Waals surface area contributed by atoms with E-state index in [0.717, 1.165) is 0 Å². The average molecular weight is 338 g/mol. The summed E-state index contributed by atoms with van der Waals surface area (Å²) in [7, 11) is -2.32. The van der Waals surface area contributed by atoms with Crippen LogP contribution in [-0.4, -0.2) is 37.8 Å². The maximum atomic E-state index is 12.2.